The summed E-state index contributed by atoms with van der Waals surface area (Å²) in [6.45, 7) is 2.29. The largest absolute Gasteiger partial charge is 0.394 e. The van der Waals surface area contributed by atoms with Crippen molar-refractivity contribution in [2.75, 3.05) is 32.8 Å². The Bertz CT molecular complexity index is 439. The summed E-state index contributed by atoms with van der Waals surface area (Å²) in [7, 11) is 3.22. The Morgan fingerprint density at radius 2 is 2.14 bits per heavy atom. The van der Waals surface area contributed by atoms with Crippen molar-refractivity contribution in [3.05, 3.63) is 29.8 Å². The van der Waals surface area contributed by atoms with Crippen molar-refractivity contribution in [2.24, 2.45) is 0 Å². The zero-order valence-electron chi connectivity index (χ0n) is 12.8. The van der Waals surface area contributed by atoms with E-state index in [1.807, 2.05) is 25.1 Å². The molecule has 0 spiro atoms. The standard InChI is InChI=1S/C15H24N2O4/c1-11(21-3)12-5-4-6-13(9-12)16-15(19)17-14(10-18)7-8-20-2/h4-6,9,11,14,18H,7-8,10H2,1-3H3,(H2,16,17,19)/t11-,14-/m0/s1. The SMILES string of the molecule is COCC[C@@H](CO)NC(=O)Nc1cccc([C@H](C)OC)c1. The van der Waals surface area contributed by atoms with E-state index in [2.05, 4.69) is 10.6 Å². The first-order valence-electron chi connectivity index (χ1n) is 6.90. The van der Waals surface area contributed by atoms with Crippen molar-refractivity contribution in [3.8, 4) is 0 Å². The average Bonchev–Trinajstić information content (AvgIpc) is 2.50. The molecule has 1 aromatic rings. The Balaban J connectivity index is 2.57. The minimum absolute atomic E-state index is 0.0401. The number of anilines is 1. The number of methoxy groups -OCH3 is 2. The fourth-order valence-corrected chi connectivity index (χ4v) is 1.83. The Labute approximate surface area is 125 Å². The molecular formula is C15H24N2O4. The minimum Gasteiger partial charge on any atom is -0.394 e. The lowest BCUT2D eigenvalue weighted by atomic mass is 10.1. The molecule has 118 valence electrons. The molecule has 0 fully saturated rings. The maximum atomic E-state index is 11.9. The van der Waals surface area contributed by atoms with Gasteiger partial charge < -0.3 is 25.2 Å². The molecule has 0 saturated carbocycles. The number of aliphatic hydroxyl groups excluding tert-OH is 1. The molecule has 1 aromatic carbocycles. The van der Waals surface area contributed by atoms with Gasteiger partial charge >= 0.3 is 6.03 Å². The molecule has 0 aliphatic carbocycles. The zero-order valence-corrected chi connectivity index (χ0v) is 12.8. The number of aliphatic hydroxyl groups is 1. The Morgan fingerprint density at radius 3 is 2.76 bits per heavy atom. The van der Waals surface area contributed by atoms with Crippen LogP contribution in [0, 0.1) is 0 Å². The maximum absolute atomic E-state index is 11.9. The highest BCUT2D eigenvalue weighted by molar-refractivity contribution is 5.89. The van der Waals surface area contributed by atoms with Crippen molar-refractivity contribution >= 4 is 11.7 Å². The van der Waals surface area contributed by atoms with Gasteiger partial charge in [0.25, 0.3) is 0 Å². The Kier molecular flexibility index (Phi) is 7.74. The van der Waals surface area contributed by atoms with E-state index >= 15 is 0 Å². The number of ether oxygens (including phenoxy) is 2. The van der Waals surface area contributed by atoms with Crippen LogP contribution in [-0.4, -0.2) is 44.6 Å². The number of carbonyl (C=O) groups is 1. The monoisotopic (exact) mass is 296 g/mol. The molecule has 0 heterocycles. The normalized spacial score (nSPS) is 13.5. The Morgan fingerprint density at radius 1 is 1.38 bits per heavy atom. The third-order valence-corrected chi connectivity index (χ3v) is 3.19. The predicted octanol–water partition coefficient (Wildman–Crippen LogP) is 1.91. The fraction of sp³-hybridized carbons (Fsp3) is 0.533. The summed E-state index contributed by atoms with van der Waals surface area (Å²) in [5.74, 6) is 0. The van der Waals surface area contributed by atoms with Crippen LogP contribution in [0.4, 0.5) is 10.5 Å². The van der Waals surface area contributed by atoms with E-state index in [4.69, 9.17) is 9.47 Å². The van der Waals surface area contributed by atoms with Crippen molar-refractivity contribution in [2.45, 2.75) is 25.5 Å². The van der Waals surface area contributed by atoms with Gasteiger partial charge in [0.2, 0.25) is 0 Å². The van der Waals surface area contributed by atoms with E-state index in [1.165, 1.54) is 0 Å². The van der Waals surface area contributed by atoms with Gasteiger partial charge in [-0.2, -0.15) is 0 Å². The lowest BCUT2D eigenvalue weighted by molar-refractivity contribution is 0.119. The van der Waals surface area contributed by atoms with E-state index < -0.39 is 0 Å². The van der Waals surface area contributed by atoms with Gasteiger partial charge in [0.05, 0.1) is 18.8 Å². The highest BCUT2D eigenvalue weighted by Crippen LogP contribution is 2.19. The zero-order chi connectivity index (χ0) is 15.7. The van der Waals surface area contributed by atoms with Crippen LogP contribution in [0.1, 0.15) is 25.0 Å². The second-order valence-corrected chi connectivity index (χ2v) is 4.76. The summed E-state index contributed by atoms with van der Waals surface area (Å²) in [5.41, 5.74) is 1.66. The quantitative estimate of drug-likeness (QED) is 0.684. The number of rotatable bonds is 8. The molecular weight excluding hydrogens is 272 g/mol. The van der Waals surface area contributed by atoms with Crippen molar-refractivity contribution in [3.63, 3.8) is 0 Å². The highest BCUT2D eigenvalue weighted by Gasteiger charge is 2.12. The third kappa shape index (κ3) is 6.12. The molecule has 6 heteroatoms. The van der Waals surface area contributed by atoms with Crippen LogP contribution < -0.4 is 10.6 Å². The summed E-state index contributed by atoms with van der Waals surface area (Å²) < 4.78 is 10.2. The molecule has 0 aliphatic heterocycles. The summed E-state index contributed by atoms with van der Waals surface area (Å²) >= 11 is 0. The average molecular weight is 296 g/mol. The highest BCUT2D eigenvalue weighted by atomic mass is 16.5. The molecule has 0 bridgehead atoms. The van der Waals surface area contributed by atoms with E-state index in [9.17, 15) is 9.90 Å². The Hall–Kier alpha value is -1.63. The van der Waals surface area contributed by atoms with Gasteiger partial charge in [0, 0.05) is 26.5 Å². The smallest absolute Gasteiger partial charge is 0.319 e. The first-order valence-corrected chi connectivity index (χ1v) is 6.90. The van der Waals surface area contributed by atoms with Crippen LogP contribution in [0.25, 0.3) is 0 Å². The van der Waals surface area contributed by atoms with Crippen LogP contribution in [0.5, 0.6) is 0 Å². The molecule has 0 aromatic heterocycles. The molecule has 3 N–H and O–H groups in total. The van der Waals surface area contributed by atoms with Gasteiger partial charge in [-0.15, -0.1) is 0 Å². The van der Waals surface area contributed by atoms with Crippen molar-refractivity contribution < 1.29 is 19.4 Å². The van der Waals surface area contributed by atoms with Crippen LogP contribution in [-0.2, 0) is 9.47 Å². The number of urea groups is 1. The van der Waals surface area contributed by atoms with Gasteiger partial charge in [-0.25, -0.2) is 4.79 Å². The van der Waals surface area contributed by atoms with Crippen molar-refractivity contribution in [1.82, 2.24) is 5.32 Å². The number of nitrogens with one attached hydrogen (secondary N) is 2. The molecule has 0 saturated heterocycles. The van der Waals surface area contributed by atoms with Gasteiger partial charge in [-0.1, -0.05) is 12.1 Å². The first-order chi connectivity index (χ1) is 10.1. The van der Waals surface area contributed by atoms with E-state index in [1.54, 1.807) is 20.3 Å². The van der Waals surface area contributed by atoms with Gasteiger partial charge in [-0.05, 0) is 31.0 Å². The van der Waals surface area contributed by atoms with E-state index in [0.29, 0.717) is 18.7 Å². The van der Waals surface area contributed by atoms with E-state index in [-0.39, 0.29) is 24.8 Å². The summed E-state index contributed by atoms with van der Waals surface area (Å²) in [5, 5.41) is 14.6. The van der Waals surface area contributed by atoms with Crippen LogP contribution in [0.15, 0.2) is 24.3 Å². The van der Waals surface area contributed by atoms with Crippen LogP contribution in [0.2, 0.25) is 0 Å². The number of hydrogen-bond donors (Lipinski definition) is 3. The predicted molar refractivity (Wildman–Crippen MR) is 81.4 cm³/mol. The summed E-state index contributed by atoms with van der Waals surface area (Å²) in [6.07, 6.45) is 0.517. The first kappa shape index (κ1) is 17.4. The summed E-state index contributed by atoms with van der Waals surface area (Å²) in [4.78, 5) is 11.9. The molecule has 0 aliphatic rings. The van der Waals surface area contributed by atoms with Gasteiger partial charge in [-0.3, -0.25) is 0 Å². The second kappa shape index (κ2) is 9.33. The topological polar surface area (TPSA) is 79.8 Å². The molecule has 2 atom stereocenters. The minimum atomic E-state index is -0.354. The van der Waals surface area contributed by atoms with Crippen LogP contribution >= 0.6 is 0 Å². The number of benzene rings is 1. The molecule has 21 heavy (non-hydrogen) atoms. The number of amides is 2. The summed E-state index contributed by atoms with van der Waals surface area (Å²) in [6, 6.07) is 6.77. The van der Waals surface area contributed by atoms with Crippen LogP contribution in [0.3, 0.4) is 0 Å². The fourth-order valence-electron chi connectivity index (χ4n) is 1.83. The number of carbonyl (C=O) groups excluding carboxylic acids is 1. The molecule has 6 nitrogen and oxygen atoms in total. The van der Waals surface area contributed by atoms with Gasteiger partial charge in [0.15, 0.2) is 0 Å². The lowest BCUT2D eigenvalue weighted by Gasteiger charge is -2.17. The molecule has 1 rings (SSSR count). The lowest BCUT2D eigenvalue weighted by Crippen LogP contribution is -2.40. The van der Waals surface area contributed by atoms with Crippen molar-refractivity contribution in [1.29, 1.82) is 0 Å². The number of hydrogen-bond acceptors (Lipinski definition) is 4. The second-order valence-electron chi connectivity index (χ2n) is 4.76. The maximum Gasteiger partial charge on any atom is 0.319 e. The molecule has 2 amide bonds. The molecule has 0 unspecified atom stereocenters. The molecule has 0 radical (unpaired) electrons. The third-order valence-electron chi connectivity index (χ3n) is 3.19. The van der Waals surface area contributed by atoms with E-state index in [0.717, 1.165) is 5.56 Å². The van der Waals surface area contributed by atoms with Gasteiger partial charge in [0.1, 0.15) is 0 Å².